The van der Waals surface area contributed by atoms with Crippen molar-refractivity contribution >= 4 is 23.9 Å². The molecule has 0 bridgehead atoms. The SMILES string of the molecule is CCC(=O)OC(OC(=O)CC)(OC(=O)CC)OC(=O)Cc1cc[c]cc1. The second kappa shape index (κ2) is 10.2. The molecule has 0 amide bonds. The van der Waals surface area contributed by atoms with Gasteiger partial charge in [0.2, 0.25) is 0 Å². The molecule has 0 spiro atoms. The van der Waals surface area contributed by atoms with Gasteiger partial charge in [-0.1, -0.05) is 45.0 Å². The molecule has 1 rings (SSSR count). The van der Waals surface area contributed by atoms with Crippen molar-refractivity contribution < 1.29 is 38.1 Å². The van der Waals surface area contributed by atoms with Gasteiger partial charge >= 0.3 is 30.0 Å². The number of hydrogen-bond acceptors (Lipinski definition) is 8. The molecule has 0 unspecified atom stereocenters. The zero-order valence-corrected chi connectivity index (χ0v) is 14.9. The Hall–Kier alpha value is -2.90. The maximum Gasteiger partial charge on any atom is 0.619 e. The van der Waals surface area contributed by atoms with E-state index >= 15 is 0 Å². The van der Waals surface area contributed by atoms with Gasteiger partial charge in [0.15, 0.2) is 0 Å². The fourth-order valence-corrected chi connectivity index (χ4v) is 1.64. The molecular weight excluding hydrogens is 344 g/mol. The summed E-state index contributed by atoms with van der Waals surface area (Å²) in [4.78, 5) is 47.4. The highest BCUT2D eigenvalue weighted by molar-refractivity contribution is 5.76. The predicted octanol–water partition coefficient (Wildman–Crippen LogP) is 2.04. The van der Waals surface area contributed by atoms with Crippen molar-refractivity contribution in [2.45, 2.75) is 52.6 Å². The van der Waals surface area contributed by atoms with Gasteiger partial charge in [-0.2, -0.15) is 0 Å². The lowest BCUT2D eigenvalue weighted by Crippen LogP contribution is -2.48. The fourth-order valence-electron chi connectivity index (χ4n) is 1.64. The number of carbonyl (C=O) groups is 4. The quantitative estimate of drug-likeness (QED) is 0.483. The normalized spacial score (nSPS) is 10.6. The summed E-state index contributed by atoms with van der Waals surface area (Å²) >= 11 is 0. The average Bonchev–Trinajstić information content (AvgIpc) is 2.61. The molecule has 0 aliphatic carbocycles. The van der Waals surface area contributed by atoms with E-state index in [1.165, 1.54) is 20.8 Å². The van der Waals surface area contributed by atoms with Crippen LogP contribution >= 0.6 is 0 Å². The Morgan fingerprint density at radius 2 is 1.15 bits per heavy atom. The molecular formula is C18H21O8. The van der Waals surface area contributed by atoms with E-state index in [2.05, 4.69) is 6.07 Å². The van der Waals surface area contributed by atoms with Crippen molar-refractivity contribution in [3.8, 4) is 0 Å². The summed E-state index contributed by atoms with van der Waals surface area (Å²) in [5, 5.41) is 0. The predicted molar refractivity (Wildman–Crippen MR) is 87.0 cm³/mol. The number of hydrogen-bond donors (Lipinski definition) is 0. The maximum absolute atomic E-state index is 12.2. The molecule has 141 valence electrons. The minimum Gasteiger partial charge on any atom is -0.352 e. The molecule has 0 heterocycles. The smallest absolute Gasteiger partial charge is 0.352 e. The van der Waals surface area contributed by atoms with Crippen LogP contribution in [0.1, 0.15) is 45.6 Å². The van der Waals surface area contributed by atoms with Gasteiger partial charge in [-0.3, -0.25) is 19.2 Å². The van der Waals surface area contributed by atoms with Crippen molar-refractivity contribution in [1.29, 1.82) is 0 Å². The van der Waals surface area contributed by atoms with E-state index in [-0.39, 0.29) is 25.7 Å². The van der Waals surface area contributed by atoms with Gasteiger partial charge in [-0.05, 0) is 11.6 Å². The minimum atomic E-state index is -2.88. The number of rotatable bonds is 9. The standard InChI is InChI=1S/C18H21O8/c1-4-14(19)23-18(24-15(20)5-2,25-16(21)6-3)26-17(22)12-13-10-8-7-9-11-13/h8-11H,4-6,12H2,1-3H3. The van der Waals surface area contributed by atoms with Gasteiger partial charge in [0.1, 0.15) is 0 Å². The molecule has 0 fully saturated rings. The first-order chi connectivity index (χ1) is 12.3. The number of carbonyl (C=O) groups excluding carboxylic acids is 4. The highest BCUT2D eigenvalue weighted by atomic mass is 17.0. The summed E-state index contributed by atoms with van der Waals surface area (Å²) in [7, 11) is 0. The molecule has 0 saturated carbocycles. The molecule has 8 heteroatoms. The van der Waals surface area contributed by atoms with Crippen LogP contribution in [0.3, 0.4) is 0 Å². The van der Waals surface area contributed by atoms with Crippen LogP contribution in [-0.4, -0.2) is 30.0 Å². The van der Waals surface area contributed by atoms with E-state index in [1.54, 1.807) is 24.3 Å². The van der Waals surface area contributed by atoms with Crippen LogP contribution in [0.15, 0.2) is 24.3 Å². The Kier molecular flexibility index (Phi) is 8.27. The third-order valence-corrected chi connectivity index (χ3v) is 2.96. The summed E-state index contributed by atoms with van der Waals surface area (Å²) in [6.07, 6.45) is -3.48. The second-order valence-electron chi connectivity index (χ2n) is 5.04. The lowest BCUT2D eigenvalue weighted by atomic mass is 10.2. The molecule has 8 nitrogen and oxygen atoms in total. The summed E-state index contributed by atoms with van der Waals surface area (Å²) in [5.41, 5.74) is 0.577. The Bertz CT molecular complexity index is 592. The molecule has 1 radical (unpaired) electrons. The maximum atomic E-state index is 12.2. The second-order valence-corrected chi connectivity index (χ2v) is 5.04. The number of esters is 4. The summed E-state index contributed by atoms with van der Waals surface area (Å²) in [5.74, 6) is -3.59. The molecule has 0 aromatic heterocycles. The lowest BCUT2D eigenvalue weighted by molar-refractivity contribution is -0.432. The number of ether oxygens (including phenoxy) is 4. The highest BCUT2D eigenvalue weighted by Gasteiger charge is 2.49. The highest BCUT2D eigenvalue weighted by Crippen LogP contribution is 2.22. The summed E-state index contributed by atoms with van der Waals surface area (Å²) < 4.78 is 19.6. The van der Waals surface area contributed by atoms with Gasteiger partial charge in [0.25, 0.3) is 0 Å². The van der Waals surface area contributed by atoms with E-state index in [4.69, 9.17) is 18.9 Å². The van der Waals surface area contributed by atoms with Crippen LogP contribution in [-0.2, 0) is 44.5 Å². The van der Waals surface area contributed by atoms with Crippen molar-refractivity contribution in [2.24, 2.45) is 0 Å². The molecule has 0 saturated heterocycles. The molecule has 0 atom stereocenters. The van der Waals surface area contributed by atoms with Gasteiger partial charge < -0.3 is 18.9 Å². The first kappa shape index (κ1) is 21.1. The van der Waals surface area contributed by atoms with E-state index in [0.29, 0.717) is 5.56 Å². The minimum absolute atomic E-state index is 0.124. The van der Waals surface area contributed by atoms with Crippen molar-refractivity contribution in [2.75, 3.05) is 0 Å². The number of benzene rings is 1. The zero-order chi connectivity index (χ0) is 19.6. The fraction of sp³-hybridized carbons (Fsp3) is 0.444. The van der Waals surface area contributed by atoms with Gasteiger partial charge in [0, 0.05) is 19.3 Å². The van der Waals surface area contributed by atoms with Crippen LogP contribution in [0.5, 0.6) is 0 Å². The first-order valence-corrected chi connectivity index (χ1v) is 8.16. The van der Waals surface area contributed by atoms with Crippen molar-refractivity contribution in [3.63, 3.8) is 0 Å². The average molecular weight is 365 g/mol. The monoisotopic (exact) mass is 365 g/mol. The lowest BCUT2D eigenvalue weighted by Gasteiger charge is -2.28. The van der Waals surface area contributed by atoms with E-state index in [9.17, 15) is 19.2 Å². The molecule has 0 aliphatic rings. The molecule has 1 aromatic rings. The van der Waals surface area contributed by atoms with Crippen LogP contribution in [0, 0.1) is 6.07 Å². The zero-order valence-electron chi connectivity index (χ0n) is 14.9. The molecule has 0 aliphatic heterocycles. The van der Waals surface area contributed by atoms with Gasteiger partial charge in [0.05, 0.1) is 6.42 Å². The third kappa shape index (κ3) is 6.92. The Labute approximate surface area is 151 Å². The Balaban J connectivity index is 3.07. The van der Waals surface area contributed by atoms with E-state index in [0.717, 1.165) is 0 Å². The van der Waals surface area contributed by atoms with Crippen LogP contribution in [0.2, 0.25) is 0 Å². The van der Waals surface area contributed by atoms with Gasteiger partial charge in [-0.25, -0.2) is 0 Å². The third-order valence-electron chi connectivity index (χ3n) is 2.96. The first-order valence-electron chi connectivity index (χ1n) is 8.16. The summed E-state index contributed by atoms with van der Waals surface area (Å²) in [6.45, 7) is 4.41. The molecule has 0 N–H and O–H groups in total. The Morgan fingerprint density at radius 3 is 1.54 bits per heavy atom. The molecule has 26 heavy (non-hydrogen) atoms. The topological polar surface area (TPSA) is 105 Å². The van der Waals surface area contributed by atoms with Crippen LogP contribution < -0.4 is 0 Å². The van der Waals surface area contributed by atoms with Crippen LogP contribution in [0.4, 0.5) is 0 Å². The van der Waals surface area contributed by atoms with Crippen molar-refractivity contribution in [1.82, 2.24) is 0 Å². The van der Waals surface area contributed by atoms with E-state index < -0.39 is 30.0 Å². The Morgan fingerprint density at radius 1 is 0.769 bits per heavy atom. The van der Waals surface area contributed by atoms with E-state index in [1.807, 2.05) is 0 Å². The largest absolute Gasteiger partial charge is 0.619 e. The summed E-state index contributed by atoms with van der Waals surface area (Å²) in [6, 6.07) is 9.24. The van der Waals surface area contributed by atoms with Crippen molar-refractivity contribution in [3.05, 3.63) is 35.9 Å². The van der Waals surface area contributed by atoms with Gasteiger partial charge in [-0.15, -0.1) is 0 Å². The molecule has 1 aromatic carbocycles. The van der Waals surface area contributed by atoms with Crippen LogP contribution in [0.25, 0.3) is 0 Å².